The van der Waals surface area contributed by atoms with E-state index in [1.807, 2.05) is 37.3 Å². The summed E-state index contributed by atoms with van der Waals surface area (Å²) in [5.41, 5.74) is 3.99. The Hall–Kier alpha value is -2.78. The van der Waals surface area contributed by atoms with Crippen molar-refractivity contribution >= 4 is 0 Å². The molecule has 0 fully saturated rings. The highest BCUT2D eigenvalue weighted by molar-refractivity contribution is 5.33. The van der Waals surface area contributed by atoms with E-state index >= 15 is 0 Å². The fourth-order valence-corrected chi connectivity index (χ4v) is 7.70. The van der Waals surface area contributed by atoms with Crippen LogP contribution >= 0.6 is 0 Å². The molecule has 0 amide bonds. The van der Waals surface area contributed by atoms with Gasteiger partial charge in [-0.25, -0.2) is 0 Å². The van der Waals surface area contributed by atoms with Crippen molar-refractivity contribution in [3.05, 3.63) is 95.6 Å². The molecule has 3 heteroatoms. The van der Waals surface area contributed by atoms with Crippen molar-refractivity contribution in [1.29, 1.82) is 0 Å². The first-order valence-corrected chi connectivity index (χ1v) is 15.4. The largest absolute Gasteiger partial charge is 0.508 e. The van der Waals surface area contributed by atoms with E-state index in [0.29, 0.717) is 30.1 Å². The molecule has 1 N–H and O–H groups in total. The normalized spacial score (nSPS) is 16.2. The summed E-state index contributed by atoms with van der Waals surface area (Å²) in [6.45, 7) is 24.0. The summed E-state index contributed by atoms with van der Waals surface area (Å²) in [7, 11) is 0. The maximum absolute atomic E-state index is 9.97. The minimum atomic E-state index is -0.335. The summed E-state index contributed by atoms with van der Waals surface area (Å²) in [6, 6.07) is 26.8. The molecule has 3 nitrogen and oxygen atoms in total. The fraction of sp³-hybridized carbons (Fsp3) is 0.526. The number of benzene rings is 3. The van der Waals surface area contributed by atoms with Crippen LogP contribution in [0.2, 0.25) is 0 Å². The minimum absolute atomic E-state index is 0.0494. The van der Waals surface area contributed by atoms with Gasteiger partial charge in [-0.05, 0) is 88.3 Å². The Morgan fingerprint density at radius 3 is 1.80 bits per heavy atom. The Morgan fingerprint density at radius 1 is 0.732 bits per heavy atom. The van der Waals surface area contributed by atoms with Gasteiger partial charge in [0, 0.05) is 0 Å². The van der Waals surface area contributed by atoms with Crippen LogP contribution in [0.15, 0.2) is 78.9 Å². The summed E-state index contributed by atoms with van der Waals surface area (Å²) >= 11 is 0. The highest BCUT2D eigenvalue weighted by Crippen LogP contribution is 2.57. The van der Waals surface area contributed by atoms with Crippen LogP contribution in [0.4, 0.5) is 0 Å². The lowest BCUT2D eigenvalue weighted by Crippen LogP contribution is -2.40. The summed E-state index contributed by atoms with van der Waals surface area (Å²) in [5, 5.41) is 9.97. The number of ether oxygens (including phenoxy) is 2. The third-order valence-electron chi connectivity index (χ3n) is 8.83. The van der Waals surface area contributed by atoms with Gasteiger partial charge < -0.3 is 14.6 Å². The number of phenols is 1. The van der Waals surface area contributed by atoms with Crippen molar-refractivity contribution in [1.82, 2.24) is 0 Å². The van der Waals surface area contributed by atoms with Gasteiger partial charge in [-0.15, -0.1) is 0 Å². The molecule has 224 valence electrons. The van der Waals surface area contributed by atoms with E-state index in [9.17, 15) is 5.11 Å². The third-order valence-corrected chi connectivity index (χ3v) is 8.83. The first-order valence-electron chi connectivity index (χ1n) is 15.4. The fourth-order valence-electron chi connectivity index (χ4n) is 7.70. The molecule has 0 aromatic heterocycles. The van der Waals surface area contributed by atoms with Gasteiger partial charge in [0.15, 0.2) is 6.29 Å². The Kier molecular flexibility index (Phi) is 10.7. The first-order chi connectivity index (χ1) is 19.2. The molecule has 0 spiro atoms. The molecule has 0 saturated carbocycles. The number of hydrogen-bond donors (Lipinski definition) is 1. The predicted octanol–water partition coefficient (Wildman–Crippen LogP) is 10.7. The topological polar surface area (TPSA) is 38.7 Å². The van der Waals surface area contributed by atoms with Gasteiger partial charge in [0.2, 0.25) is 0 Å². The third kappa shape index (κ3) is 8.61. The molecule has 0 aliphatic rings. The van der Waals surface area contributed by atoms with E-state index in [0.717, 1.165) is 24.2 Å². The standard InChI is InChI=1S/C38H54O3/c1-11-38(10,35(36(5,6)7)31-17-21-32(39)22-18-31)26-37(8,9)34(27(2)3)30-19-23-33(24-20-30)41-28(4)40-25-29-15-13-12-14-16-29/h12-24,27-28,34-35,39H,11,25-26H2,1-10H3. The molecule has 4 atom stereocenters. The van der Waals surface area contributed by atoms with Gasteiger partial charge in [0.25, 0.3) is 0 Å². The van der Waals surface area contributed by atoms with Crippen molar-refractivity contribution in [2.24, 2.45) is 22.2 Å². The van der Waals surface area contributed by atoms with Crippen molar-refractivity contribution in [3.63, 3.8) is 0 Å². The molecule has 41 heavy (non-hydrogen) atoms. The van der Waals surface area contributed by atoms with Crippen LogP contribution in [0.3, 0.4) is 0 Å². The predicted molar refractivity (Wildman–Crippen MR) is 172 cm³/mol. The molecule has 0 heterocycles. The van der Waals surface area contributed by atoms with Crippen LogP contribution in [0.1, 0.15) is 111 Å². The maximum atomic E-state index is 9.97. The summed E-state index contributed by atoms with van der Waals surface area (Å²) < 4.78 is 12.0. The summed E-state index contributed by atoms with van der Waals surface area (Å²) in [6.07, 6.45) is 1.83. The van der Waals surface area contributed by atoms with Gasteiger partial charge >= 0.3 is 0 Å². The van der Waals surface area contributed by atoms with E-state index in [-0.39, 0.29) is 22.5 Å². The molecular formula is C38H54O3. The van der Waals surface area contributed by atoms with Crippen LogP contribution in [0, 0.1) is 22.2 Å². The quantitative estimate of drug-likeness (QED) is 0.212. The van der Waals surface area contributed by atoms with E-state index in [1.165, 1.54) is 11.1 Å². The van der Waals surface area contributed by atoms with Gasteiger partial charge in [-0.1, -0.05) is 123 Å². The van der Waals surface area contributed by atoms with E-state index in [1.54, 1.807) is 0 Å². The number of hydrogen-bond acceptors (Lipinski definition) is 3. The van der Waals surface area contributed by atoms with Gasteiger partial charge in [0.05, 0.1) is 6.61 Å². The lowest BCUT2D eigenvalue weighted by atomic mass is 9.54. The van der Waals surface area contributed by atoms with Crippen molar-refractivity contribution in [2.75, 3.05) is 0 Å². The van der Waals surface area contributed by atoms with Crippen LogP contribution in [-0.2, 0) is 11.3 Å². The van der Waals surface area contributed by atoms with Crippen molar-refractivity contribution in [3.8, 4) is 11.5 Å². The summed E-state index contributed by atoms with van der Waals surface area (Å²) in [4.78, 5) is 0. The van der Waals surface area contributed by atoms with E-state index in [4.69, 9.17) is 9.47 Å². The molecule has 3 aromatic rings. The second-order valence-corrected chi connectivity index (χ2v) is 14.3. The average molecular weight is 559 g/mol. The summed E-state index contributed by atoms with van der Waals surface area (Å²) in [5.74, 6) is 2.36. The van der Waals surface area contributed by atoms with Crippen LogP contribution in [0.5, 0.6) is 11.5 Å². The highest BCUT2D eigenvalue weighted by Gasteiger charge is 2.46. The lowest BCUT2D eigenvalue weighted by Gasteiger charge is -2.51. The Balaban J connectivity index is 1.81. The number of phenolic OH excluding ortho intramolecular Hbond substituents is 1. The van der Waals surface area contributed by atoms with Crippen LogP contribution < -0.4 is 4.74 Å². The highest BCUT2D eigenvalue weighted by atomic mass is 16.7. The zero-order valence-corrected chi connectivity index (χ0v) is 27.2. The minimum Gasteiger partial charge on any atom is -0.508 e. The van der Waals surface area contributed by atoms with Gasteiger partial charge in [-0.3, -0.25) is 0 Å². The molecule has 4 unspecified atom stereocenters. The average Bonchev–Trinajstić information content (AvgIpc) is 2.89. The van der Waals surface area contributed by atoms with Crippen LogP contribution in [-0.4, -0.2) is 11.4 Å². The lowest BCUT2D eigenvalue weighted by molar-refractivity contribution is -0.0759. The Morgan fingerprint density at radius 2 is 1.29 bits per heavy atom. The molecule has 0 saturated heterocycles. The second-order valence-electron chi connectivity index (χ2n) is 14.3. The smallest absolute Gasteiger partial charge is 0.197 e. The van der Waals surface area contributed by atoms with Gasteiger partial charge in [0.1, 0.15) is 11.5 Å². The zero-order valence-electron chi connectivity index (χ0n) is 27.2. The van der Waals surface area contributed by atoms with Crippen LogP contribution in [0.25, 0.3) is 0 Å². The molecule has 3 aromatic carbocycles. The van der Waals surface area contributed by atoms with Crippen molar-refractivity contribution in [2.45, 2.75) is 107 Å². The second kappa shape index (κ2) is 13.5. The molecule has 3 rings (SSSR count). The molecule has 0 bridgehead atoms. The SMILES string of the molecule is CCC(C)(CC(C)(C)C(c1ccc(OC(C)OCc2ccccc2)cc1)C(C)C)C(c1ccc(O)cc1)C(C)(C)C. The molecular weight excluding hydrogens is 504 g/mol. The zero-order chi connectivity index (χ0) is 30.4. The molecule has 0 aliphatic carbocycles. The maximum Gasteiger partial charge on any atom is 0.197 e. The van der Waals surface area contributed by atoms with Gasteiger partial charge in [-0.2, -0.15) is 0 Å². The molecule has 0 radical (unpaired) electrons. The van der Waals surface area contributed by atoms with E-state index in [2.05, 4.69) is 111 Å². The monoisotopic (exact) mass is 558 g/mol. The Labute approximate surface area is 250 Å². The van der Waals surface area contributed by atoms with E-state index < -0.39 is 0 Å². The Bertz CT molecular complexity index is 1190. The first kappa shape index (κ1) is 32.7. The van der Waals surface area contributed by atoms with Crippen molar-refractivity contribution < 1.29 is 14.6 Å². The number of aromatic hydroxyl groups is 1. The molecule has 0 aliphatic heterocycles. The number of rotatable bonds is 13.